The zero-order valence-corrected chi connectivity index (χ0v) is 13.2. The van der Waals surface area contributed by atoms with E-state index in [4.69, 9.17) is 5.73 Å². The van der Waals surface area contributed by atoms with Crippen LogP contribution in [-0.2, 0) is 0 Å². The fourth-order valence-corrected chi connectivity index (χ4v) is 3.42. The number of nitrogens with one attached hydrogen (secondary N) is 2. The van der Waals surface area contributed by atoms with Gasteiger partial charge in [0.2, 0.25) is 0 Å². The molecule has 106 valence electrons. The maximum atomic E-state index is 12.0. The minimum atomic E-state index is -0.143. The maximum Gasteiger partial charge on any atom is 0.263 e. The zero-order chi connectivity index (χ0) is 14.4. The molecule has 0 aliphatic heterocycles. The molecule has 1 aromatic heterocycles. The van der Waals surface area contributed by atoms with Crippen molar-refractivity contribution in [3.63, 3.8) is 0 Å². The monoisotopic (exact) mass is 299 g/mol. The van der Waals surface area contributed by atoms with Crippen LogP contribution in [0.3, 0.4) is 0 Å². The molecular weight excluding hydrogens is 278 g/mol. The number of anilines is 2. The number of thiophene rings is 1. The largest absolute Gasteiger partial charge is 0.396 e. The number of hydrogen-bond acceptors (Lipinski definition) is 5. The van der Waals surface area contributed by atoms with Gasteiger partial charge in [-0.05, 0) is 12.2 Å². The highest BCUT2D eigenvalue weighted by molar-refractivity contribution is 7.99. The van der Waals surface area contributed by atoms with Gasteiger partial charge in [0.15, 0.2) is 0 Å². The molecule has 0 aromatic carbocycles. The van der Waals surface area contributed by atoms with Crippen molar-refractivity contribution >= 4 is 39.7 Å². The van der Waals surface area contributed by atoms with Crippen molar-refractivity contribution in [2.24, 2.45) is 5.92 Å². The van der Waals surface area contributed by atoms with Crippen molar-refractivity contribution in [3.05, 3.63) is 17.5 Å². The first kappa shape index (κ1) is 15.9. The van der Waals surface area contributed by atoms with Crippen LogP contribution >= 0.6 is 23.1 Å². The first-order valence-electron chi connectivity index (χ1n) is 6.10. The summed E-state index contributed by atoms with van der Waals surface area (Å²) in [5.74, 6) is 0.395. The lowest BCUT2D eigenvalue weighted by molar-refractivity contribution is 0.0963. The highest BCUT2D eigenvalue weighted by Gasteiger charge is 2.20. The summed E-state index contributed by atoms with van der Waals surface area (Å²) in [6.45, 7) is 9.16. The van der Waals surface area contributed by atoms with Gasteiger partial charge in [0, 0.05) is 13.1 Å². The van der Waals surface area contributed by atoms with Crippen molar-refractivity contribution in [2.75, 3.05) is 30.4 Å². The van der Waals surface area contributed by atoms with E-state index in [1.54, 1.807) is 17.8 Å². The van der Waals surface area contributed by atoms with E-state index in [0.29, 0.717) is 23.0 Å². The average molecular weight is 299 g/mol. The molecule has 0 bridgehead atoms. The van der Waals surface area contributed by atoms with Crippen LogP contribution in [0.1, 0.15) is 23.5 Å². The smallest absolute Gasteiger partial charge is 0.263 e. The van der Waals surface area contributed by atoms with E-state index >= 15 is 0 Å². The van der Waals surface area contributed by atoms with Crippen LogP contribution in [0.4, 0.5) is 10.7 Å². The van der Waals surface area contributed by atoms with Crippen molar-refractivity contribution < 1.29 is 4.79 Å². The van der Waals surface area contributed by atoms with E-state index in [1.165, 1.54) is 11.3 Å². The molecule has 1 heterocycles. The lowest BCUT2D eigenvalue weighted by Crippen LogP contribution is -2.23. The third kappa shape index (κ3) is 4.18. The third-order valence-electron chi connectivity index (χ3n) is 2.39. The Morgan fingerprint density at radius 2 is 2.26 bits per heavy atom. The Balaban J connectivity index is 2.94. The molecule has 0 aliphatic rings. The highest BCUT2D eigenvalue weighted by atomic mass is 32.2. The summed E-state index contributed by atoms with van der Waals surface area (Å²) in [6, 6.07) is 0. The van der Waals surface area contributed by atoms with Gasteiger partial charge in [-0.1, -0.05) is 19.9 Å². The van der Waals surface area contributed by atoms with Crippen LogP contribution in [0.5, 0.6) is 0 Å². The number of nitrogens with two attached hydrogens (primary N) is 1. The average Bonchev–Trinajstić information content (AvgIpc) is 2.69. The second-order valence-electron chi connectivity index (χ2n) is 4.48. The minimum absolute atomic E-state index is 0.143. The van der Waals surface area contributed by atoms with Crippen molar-refractivity contribution in [3.8, 4) is 0 Å². The first-order valence-corrected chi connectivity index (χ1v) is 8.14. The van der Waals surface area contributed by atoms with E-state index in [9.17, 15) is 4.79 Å². The molecule has 0 radical (unpaired) electrons. The molecule has 0 atom stereocenters. The quantitative estimate of drug-likeness (QED) is 0.535. The second kappa shape index (κ2) is 7.45. The fourth-order valence-electron chi connectivity index (χ4n) is 1.46. The normalized spacial score (nSPS) is 10.5. The van der Waals surface area contributed by atoms with Crippen LogP contribution in [0.2, 0.25) is 0 Å². The van der Waals surface area contributed by atoms with Crippen LogP contribution < -0.4 is 16.4 Å². The Bertz CT molecular complexity index is 455. The molecule has 0 saturated heterocycles. The molecule has 1 rings (SSSR count). The van der Waals surface area contributed by atoms with Gasteiger partial charge in [0.05, 0.1) is 10.6 Å². The maximum absolute atomic E-state index is 12.0. The van der Waals surface area contributed by atoms with E-state index in [2.05, 4.69) is 31.1 Å². The van der Waals surface area contributed by atoms with E-state index in [0.717, 1.165) is 16.4 Å². The van der Waals surface area contributed by atoms with Crippen LogP contribution in [0.25, 0.3) is 0 Å². The molecule has 0 spiro atoms. The molecular formula is C13H21N3OS2. The van der Waals surface area contributed by atoms with E-state index < -0.39 is 0 Å². The molecule has 0 fully saturated rings. The van der Waals surface area contributed by atoms with Gasteiger partial charge in [-0.25, -0.2) is 0 Å². The molecule has 1 amide bonds. The molecule has 0 saturated carbocycles. The SMILES string of the molecule is C=CCNC(=O)c1sc(NCC(C)C)c(SC)c1N. The first-order chi connectivity index (χ1) is 9.01. The second-order valence-corrected chi connectivity index (χ2v) is 6.32. The Labute approximate surface area is 122 Å². The lowest BCUT2D eigenvalue weighted by atomic mass is 10.2. The molecule has 4 nitrogen and oxygen atoms in total. The van der Waals surface area contributed by atoms with Gasteiger partial charge in [0.1, 0.15) is 9.88 Å². The fraction of sp³-hybridized carbons (Fsp3) is 0.462. The lowest BCUT2D eigenvalue weighted by Gasteiger charge is -2.08. The summed E-state index contributed by atoms with van der Waals surface area (Å²) >= 11 is 2.97. The summed E-state index contributed by atoms with van der Waals surface area (Å²) < 4.78 is 0. The summed E-state index contributed by atoms with van der Waals surface area (Å²) in [4.78, 5) is 13.5. The summed E-state index contributed by atoms with van der Waals surface area (Å²) in [5, 5.41) is 7.08. The third-order valence-corrected chi connectivity index (χ3v) is 4.51. The summed E-state index contributed by atoms with van der Waals surface area (Å²) in [5.41, 5.74) is 6.62. The van der Waals surface area contributed by atoms with Crippen LogP contribution in [-0.4, -0.2) is 25.3 Å². The minimum Gasteiger partial charge on any atom is -0.396 e. The molecule has 6 heteroatoms. The number of carbonyl (C=O) groups excluding carboxylic acids is 1. The predicted molar refractivity (Wildman–Crippen MR) is 86.4 cm³/mol. The van der Waals surface area contributed by atoms with Gasteiger partial charge >= 0.3 is 0 Å². The topological polar surface area (TPSA) is 67.2 Å². The van der Waals surface area contributed by atoms with Gasteiger partial charge < -0.3 is 16.4 Å². The Morgan fingerprint density at radius 3 is 2.79 bits per heavy atom. The molecule has 4 N–H and O–H groups in total. The standard InChI is InChI=1S/C13H21N3OS2/c1-5-6-15-12(17)10-9(14)11(18-4)13(19-10)16-7-8(2)3/h5,8,16H,1,6-7,14H2,2-4H3,(H,15,17). The van der Waals surface area contributed by atoms with Crippen molar-refractivity contribution in [1.29, 1.82) is 0 Å². The Hall–Kier alpha value is -1.14. The van der Waals surface area contributed by atoms with E-state index in [-0.39, 0.29) is 5.91 Å². The summed E-state index contributed by atoms with van der Waals surface area (Å²) in [6.07, 6.45) is 3.61. The highest BCUT2D eigenvalue weighted by Crippen LogP contribution is 2.41. The number of nitrogen functional groups attached to an aromatic ring is 1. The van der Waals surface area contributed by atoms with Gasteiger partial charge in [-0.15, -0.1) is 29.7 Å². The number of thioether (sulfide) groups is 1. The van der Waals surface area contributed by atoms with Crippen LogP contribution in [0.15, 0.2) is 17.6 Å². The van der Waals surface area contributed by atoms with Gasteiger partial charge in [0.25, 0.3) is 5.91 Å². The van der Waals surface area contributed by atoms with Gasteiger partial charge in [-0.3, -0.25) is 4.79 Å². The van der Waals surface area contributed by atoms with Gasteiger partial charge in [-0.2, -0.15) is 0 Å². The number of rotatable bonds is 7. The van der Waals surface area contributed by atoms with Crippen LogP contribution in [0, 0.1) is 5.92 Å². The molecule has 19 heavy (non-hydrogen) atoms. The Kier molecular flexibility index (Phi) is 6.24. The zero-order valence-electron chi connectivity index (χ0n) is 11.6. The predicted octanol–water partition coefficient (Wildman–Crippen LogP) is 3.04. The number of carbonyl (C=O) groups is 1. The molecule has 0 aliphatic carbocycles. The van der Waals surface area contributed by atoms with Crippen molar-refractivity contribution in [2.45, 2.75) is 18.7 Å². The molecule has 0 unspecified atom stereocenters. The molecule has 1 aromatic rings. The number of amides is 1. The Morgan fingerprint density at radius 1 is 1.58 bits per heavy atom. The van der Waals surface area contributed by atoms with E-state index in [1.807, 2.05) is 6.26 Å². The summed E-state index contributed by atoms with van der Waals surface area (Å²) in [7, 11) is 0. The number of hydrogen-bond donors (Lipinski definition) is 3. The van der Waals surface area contributed by atoms with Crippen molar-refractivity contribution in [1.82, 2.24) is 5.32 Å².